The van der Waals surface area contributed by atoms with Gasteiger partial charge in [-0.1, -0.05) is 17.7 Å². The molecule has 1 saturated heterocycles. The van der Waals surface area contributed by atoms with E-state index in [0.29, 0.717) is 0 Å². The maximum Gasteiger partial charge on any atom is 0.0890 e. The molecule has 30 heavy (non-hydrogen) atoms. The summed E-state index contributed by atoms with van der Waals surface area (Å²) in [7, 11) is 0. The van der Waals surface area contributed by atoms with Crippen molar-refractivity contribution in [3.63, 3.8) is 0 Å². The van der Waals surface area contributed by atoms with Crippen LogP contribution in [0.3, 0.4) is 0 Å². The Morgan fingerprint density at radius 3 is 1.57 bits per heavy atom. The summed E-state index contributed by atoms with van der Waals surface area (Å²) < 4.78 is 0. The SMILES string of the molecule is Cc1ccc(/N=N/c2cc(C)c(/N=N/c3ccc(N4CCCC4)cc3)cc2C)cc1. The number of rotatable bonds is 5. The number of azo groups is 2. The Balaban J connectivity index is 1.48. The van der Waals surface area contributed by atoms with E-state index in [1.54, 1.807) is 0 Å². The zero-order valence-corrected chi connectivity index (χ0v) is 17.8. The van der Waals surface area contributed by atoms with Crippen LogP contribution >= 0.6 is 0 Å². The predicted molar refractivity (Wildman–Crippen MR) is 123 cm³/mol. The highest BCUT2D eigenvalue weighted by atomic mass is 15.1. The Morgan fingerprint density at radius 2 is 1.07 bits per heavy atom. The number of aryl methyl sites for hydroxylation is 3. The fourth-order valence-electron chi connectivity index (χ4n) is 3.54. The van der Waals surface area contributed by atoms with Crippen LogP contribution in [0, 0.1) is 20.8 Å². The van der Waals surface area contributed by atoms with E-state index in [1.165, 1.54) is 24.1 Å². The van der Waals surface area contributed by atoms with Crippen LogP contribution in [0.2, 0.25) is 0 Å². The molecular formula is C25H27N5. The molecule has 0 unspecified atom stereocenters. The van der Waals surface area contributed by atoms with Crippen molar-refractivity contribution in [2.75, 3.05) is 18.0 Å². The number of hydrogen-bond acceptors (Lipinski definition) is 5. The molecule has 3 aromatic carbocycles. The molecular weight excluding hydrogens is 370 g/mol. The molecule has 1 heterocycles. The van der Waals surface area contributed by atoms with Gasteiger partial charge in [-0.15, -0.1) is 0 Å². The van der Waals surface area contributed by atoms with E-state index in [4.69, 9.17) is 0 Å². The van der Waals surface area contributed by atoms with Gasteiger partial charge in [0.05, 0.1) is 22.7 Å². The van der Waals surface area contributed by atoms with Crippen molar-refractivity contribution in [1.82, 2.24) is 0 Å². The van der Waals surface area contributed by atoms with Crippen LogP contribution in [0.1, 0.15) is 29.5 Å². The number of nitrogens with zero attached hydrogens (tertiary/aromatic N) is 5. The molecule has 0 saturated carbocycles. The van der Waals surface area contributed by atoms with Crippen LogP contribution in [-0.2, 0) is 0 Å². The summed E-state index contributed by atoms with van der Waals surface area (Å²) in [5.74, 6) is 0. The molecule has 0 N–H and O–H groups in total. The molecule has 0 aliphatic carbocycles. The van der Waals surface area contributed by atoms with Crippen LogP contribution in [-0.4, -0.2) is 13.1 Å². The first-order valence-electron chi connectivity index (χ1n) is 10.4. The van der Waals surface area contributed by atoms with Crippen molar-refractivity contribution >= 4 is 28.4 Å². The fourth-order valence-corrected chi connectivity index (χ4v) is 3.54. The average Bonchev–Trinajstić information content (AvgIpc) is 3.29. The van der Waals surface area contributed by atoms with E-state index in [2.05, 4.69) is 44.4 Å². The van der Waals surface area contributed by atoms with Crippen molar-refractivity contribution in [1.29, 1.82) is 0 Å². The molecule has 1 aliphatic heterocycles. The monoisotopic (exact) mass is 397 g/mol. The molecule has 1 aliphatic rings. The average molecular weight is 398 g/mol. The summed E-state index contributed by atoms with van der Waals surface area (Å²) in [5, 5.41) is 17.7. The minimum atomic E-state index is 0.846. The number of benzene rings is 3. The molecule has 152 valence electrons. The minimum absolute atomic E-state index is 0.846. The topological polar surface area (TPSA) is 52.7 Å². The van der Waals surface area contributed by atoms with E-state index in [1.807, 2.05) is 62.4 Å². The highest BCUT2D eigenvalue weighted by Crippen LogP contribution is 2.31. The lowest BCUT2D eigenvalue weighted by atomic mass is 10.1. The summed E-state index contributed by atoms with van der Waals surface area (Å²) in [6.07, 6.45) is 2.56. The molecule has 4 rings (SSSR count). The van der Waals surface area contributed by atoms with E-state index < -0.39 is 0 Å². The quantitative estimate of drug-likeness (QED) is 0.402. The third-order valence-corrected chi connectivity index (χ3v) is 5.42. The van der Waals surface area contributed by atoms with Gasteiger partial charge in [-0.3, -0.25) is 0 Å². The van der Waals surface area contributed by atoms with Crippen molar-refractivity contribution in [2.24, 2.45) is 20.5 Å². The molecule has 1 fully saturated rings. The van der Waals surface area contributed by atoms with Gasteiger partial charge >= 0.3 is 0 Å². The molecule has 0 radical (unpaired) electrons. The molecule has 3 aromatic rings. The van der Waals surface area contributed by atoms with Gasteiger partial charge in [0.15, 0.2) is 0 Å². The van der Waals surface area contributed by atoms with E-state index >= 15 is 0 Å². The van der Waals surface area contributed by atoms with Gasteiger partial charge in [0, 0.05) is 18.8 Å². The van der Waals surface area contributed by atoms with Gasteiger partial charge in [0.2, 0.25) is 0 Å². The summed E-state index contributed by atoms with van der Waals surface area (Å²) in [5.41, 5.74) is 7.93. The first-order valence-corrected chi connectivity index (χ1v) is 10.4. The maximum atomic E-state index is 4.47. The summed E-state index contributed by atoms with van der Waals surface area (Å²) >= 11 is 0. The van der Waals surface area contributed by atoms with Crippen molar-refractivity contribution < 1.29 is 0 Å². The lowest BCUT2D eigenvalue weighted by molar-refractivity contribution is 0.949. The van der Waals surface area contributed by atoms with Crippen molar-refractivity contribution in [3.8, 4) is 0 Å². The van der Waals surface area contributed by atoms with Crippen LogP contribution in [0.4, 0.5) is 28.4 Å². The Morgan fingerprint density at radius 1 is 0.600 bits per heavy atom. The molecule has 5 heteroatoms. The fraction of sp³-hybridized carbons (Fsp3) is 0.280. The summed E-state index contributed by atoms with van der Waals surface area (Å²) in [6, 6.07) is 20.4. The molecule has 0 spiro atoms. The standard InChI is InChI=1S/C25H27N5/c1-18-6-8-21(9-7-18)26-28-24-16-20(3)25(17-19(24)2)29-27-22-10-12-23(13-11-22)30-14-4-5-15-30/h6-13,16-17H,4-5,14-15H2,1-3H3/b28-26+,29-27+. The zero-order chi connectivity index (χ0) is 20.9. The zero-order valence-electron chi connectivity index (χ0n) is 17.8. The molecule has 0 bridgehead atoms. The Labute approximate surface area is 178 Å². The Kier molecular flexibility index (Phi) is 5.98. The molecule has 5 nitrogen and oxygen atoms in total. The van der Waals surface area contributed by atoms with E-state index in [0.717, 1.165) is 47.0 Å². The van der Waals surface area contributed by atoms with E-state index in [9.17, 15) is 0 Å². The van der Waals surface area contributed by atoms with Crippen LogP contribution in [0.5, 0.6) is 0 Å². The molecule has 0 aromatic heterocycles. The first kappa shape index (κ1) is 20.0. The second-order valence-corrected chi connectivity index (χ2v) is 7.87. The number of hydrogen-bond donors (Lipinski definition) is 0. The Bertz CT molecular complexity index is 1060. The van der Waals surface area contributed by atoms with E-state index in [-0.39, 0.29) is 0 Å². The highest BCUT2D eigenvalue weighted by Gasteiger charge is 2.11. The smallest absolute Gasteiger partial charge is 0.0890 e. The van der Waals surface area contributed by atoms with Gasteiger partial charge < -0.3 is 4.90 Å². The lowest BCUT2D eigenvalue weighted by Gasteiger charge is -2.17. The molecule has 0 amide bonds. The maximum absolute atomic E-state index is 4.47. The van der Waals surface area contributed by atoms with Crippen LogP contribution in [0.25, 0.3) is 0 Å². The largest absolute Gasteiger partial charge is 0.372 e. The first-order chi connectivity index (χ1) is 14.6. The molecule has 0 atom stereocenters. The highest BCUT2D eigenvalue weighted by molar-refractivity contribution is 5.59. The minimum Gasteiger partial charge on any atom is -0.372 e. The van der Waals surface area contributed by atoms with Gasteiger partial charge in [0.1, 0.15) is 0 Å². The van der Waals surface area contributed by atoms with Crippen molar-refractivity contribution in [2.45, 2.75) is 33.6 Å². The Hall–Kier alpha value is -3.34. The van der Waals surface area contributed by atoms with Gasteiger partial charge in [-0.25, -0.2) is 0 Å². The normalized spacial score (nSPS) is 14.3. The second-order valence-electron chi connectivity index (χ2n) is 7.87. The predicted octanol–water partition coefficient (Wildman–Crippen LogP) is 8.04. The van der Waals surface area contributed by atoms with Gasteiger partial charge in [0.25, 0.3) is 0 Å². The lowest BCUT2D eigenvalue weighted by Crippen LogP contribution is -2.17. The van der Waals surface area contributed by atoms with Gasteiger partial charge in [-0.05, 0) is 93.3 Å². The summed E-state index contributed by atoms with van der Waals surface area (Å²) in [6.45, 7) is 8.39. The van der Waals surface area contributed by atoms with Gasteiger partial charge in [-0.2, -0.15) is 20.5 Å². The van der Waals surface area contributed by atoms with Crippen molar-refractivity contribution in [3.05, 3.63) is 77.4 Å². The van der Waals surface area contributed by atoms with Crippen LogP contribution in [0.15, 0.2) is 81.1 Å². The second kappa shape index (κ2) is 8.99. The summed E-state index contributed by atoms with van der Waals surface area (Å²) in [4.78, 5) is 2.41. The number of anilines is 1. The third kappa shape index (κ3) is 4.79. The van der Waals surface area contributed by atoms with Crippen LogP contribution < -0.4 is 4.90 Å². The third-order valence-electron chi connectivity index (χ3n) is 5.42.